The standard InChI is InChI=1S/C17H16N2OS3/c1-12-19-14(10-22-12)11-23-16-5-3-2-4-15(16)17(20)18-8-13-6-7-21-9-13/h2-7,9-10H,8,11H2,1H3,(H,18,20). The van der Waals surface area contributed by atoms with Gasteiger partial charge in [0.25, 0.3) is 5.91 Å². The Kier molecular flexibility index (Phi) is 5.48. The molecule has 2 heterocycles. The minimum Gasteiger partial charge on any atom is -0.348 e. The highest BCUT2D eigenvalue weighted by atomic mass is 32.2. The van der Waals surface area contributed by atoms with Gasteiger partial charge in [0.2, 0.25) is 0 Å². The molecule has 0 bridgehead atoms. The number of rotatable bonds is 6. The average Bonchev–Trinajstić information content (AvgIpc) is 3.22. The van der Waals surface area contributed by atoms with Crippen LogP contribution in [0.2, 0.25) is 0 Å². The SMILES string of the molecule is Cc1nc(CSc2ccccc2C(=O)NCc2ccsc2)cs1. The van der Waals surface area contributed by atoms with Gasteiger partial charge in [-0.1, -0.05) is 12.1 Å². The average molecular weight is 361 g/mol. The normalized spacial score (nSPS) is 10.7. The Labute approximate surface area is 147 Å². The van der Waals surface area contributed by atoms with Crippen molar-refractivity contribution in [2.24, 2.45) is 0 Å². The van der Waals surface area contributed by atoms with Crippen molar-refractivity contribution in [2.75, 3.05) is 0 Å². The molecule has 1 aromatic carbocycles. The largest absolute Gasteiger partial charge is 0.348 e. The molecule has 23 heavy (non-hydrogen) atoms. The number of amides is 1. The van der Waals surface area contributed by atoms with Crippen molar-refractivity contribution in [3.8, 4) is 0 Å². The summed E-state index contributed by atoms with van der Waals surface area (Å²) in [5, 5.41) is 10.2. The Hall–Kier alpha value is -1.63. The number of hydrogen-bond acceptors (Lipinski definition) is 5. The Morgan fingerprint density at radius 1 is 1.26 bits per heavy atom. The lowest BCUT2D eigenvalue weighted by Crippen LogP contribution is -2.23. The van der Waals surface area contributed by atoms with E-state index < -0.39 is 0 Å². The van der Waals surface area contributed by atoms with Crippen molar-refractivity contribution in [1.29, 1.82) is 0 Å². The van der Waals surface area contributed by atoms with E-state index in [0.29, 0.717) is 6.54 Å². The third-order valence-electron chi connectivity index (χ3n) is 3.21. The van der Waals surface area contributed by atoms with E-state index in [9.17, 15) is 4.79 Å². The van der Waals surface area contributed by atoms with Crippen molar-refractivity contribution < 1.29 is 4.79 Å². The van der Waals surface area contributed by atoms with Gasteiger partial charge in [-0.15, -0.1) is 23.1 Å². The van der Waals surface area contributed by atoms with Gasteiger partial charge in [0.05, 0.1) is 16.3 Å². The monoisotopic (exact) mass is 360 g/mol. The molecule has 2 aromatic heterocycles. The first-order valence-electron chi connectivity index (χ1n) is 7.14. The molecule has 3 rings (SSSR count). The summed E-state index contributed by atoms with van der Waals surface area (Å²) in [5.41, 5.74) is 2.91. The predicted molar refractivity (Wildman–Crippen MR) is 98.3 cm³/mol. The molecule has 1 amide bonds. The number of benzene rings is 1. The van der Waals surface area contributed by atoms with Crippen LogP contribution in [0.25, 0.3) is 0 Å². The van der Waals surface area contributed by atoms with Gasteiger partial charge in [-0.05, 0) is 41.4 Å². The second-order valence-corrected chi connectivity index (χ2v) is 7.82. The summed E-state index contributed by atoms with van der Waals surface area (Å²) in [5.74, 6) is 0.743. The highest BCUT2D eigenvalue weighted by molar-refractivity contribution is 7.98. The Balaban J connectivity index is 1.65. The lowest BCUT2D eigenvalue weighted by molar-refractivity contribution is 0.0948. The van der Waals surface area contributed by atoms with Crippen LogP contribution >= 0.6 is 34.4 Å². The smallest absolute Gasteiger partial charge is 0.252 e. The molecule has 118 valence electrons. The molecule has 3 nitrogen and oxygen atoms in total. The first kappa shape index (κ1) is 16.2. The van der Waals surface area contributed by atoms with Gasteiger partial charge in [0.15, 0.2) is 0 Å². The zero-order valence-electron chi connectivity index (χ0n) is 12.6. The summed E-state index contributed by atoms with van der Waals surface area (Å²) >= 11 is 4.94. The zero-order chi connectivity index (χ0) is 16.1. The van der Waals surface area contributed by atoms with Gasteiger partial charge < -0.3 is 5.32 Å². The second-order valence-electron chi connectivity index (χ2n) is 4.96. The minimum atomic E-state index is -0.0336. The fourth-order valence-electron chi connectivity index (χ4n) is 2.08. The molecule has 0 saturated heterocycles. The molecule has 0 spiro atoms. The summed E-state index contributed by atoms with van der Waals surface area (Å²) in [7, 11) is 0. The van der Waals surface area contributed by atoms with E-state index in [-0.39, 0.29) is 5.91 Å². The van der Waals surface area contributed by atoms with Crippen LogP contribution in [0.15, 0.2) is 51.4 Å². The third kappa shape index (κ3) is 4.43. The molecule has 6 heteroatoms. The highest BCUT2D eigenvalue weighted by Crippen LogP contribution is 2.26. The number of thiazole rings is 1. The molecule has 0 unspecified atom stereocenters. The van der Waals surface area contributed by atoms with Crippen molar-refractivity contribution in [2.45, 2.75) is 24.1 Å². The molecule has 0 aliphatic carbocycles. The van der Waals surface area contributed by atoms with Gasteiger partial charge >= 0.3 is 0 Å². The Morgan fingerprint density at radius 3 is 2.87 bits per heavy atom. The van der Waals surface area contributed by atoms with Gasteiger partial charge in [-0.3, -0.25) is 4.79 Å². The first-order chi connectivity index (χ1) is 11.2. The molecular weight excluding hydrogens is 344 g/mol. The van der Waals surface area contributed by atoms with E-state index in [0.717, 1.165) is 32.5 Å². The second kappa shape index (κ2) is 7.77. The maximum Gasteiger partial charge on any atom is 0.252 e. The van der Waals surface area contributed by atoms with Gasteiger partial charge in [-0.25, -0.2) is 4.98 Å². The summed E-state index contributed by atoms with van der Waals surface area (Å²) in [4.78, 5) is 17.9. The highest BCUT2D eigenvalue weighted by Gasteiger charge is 2.12. The van der Waals surface area contributed by atoms with Crippen LogP contribution in [-0.2, 0) is 12.3 Å². The van der Waals surface area contributed by atoms with Gasteiger partial charge in [0, 0.05) is 22.6 Å². The number of nitrogens with one attached hydrogen (secondary N) is 1. The van der Waals surface area contributed by atoms with Crippen molar-refractivity contribution in [3.63, 3.8) is 0 Å². The molecule has 0 fully saturated rings. The Morgan fingerprint density at radius 2 is 2.13 bits per heavy atom. The number of carbonyl (C=O) groups excluding carboxylic acids is 1. The van der Waals surface area contributed by atoms with E-state index >= 15 is 0 Å². The van der Waals surface area contributed by atoms with E-state index in [2.05, 4.69) is 15.7 Å². The Bertz CT molecular complexity index is 781. The van der Waals surface area contributed by atoms with Crippen LogP contribution in [-0.4, -0.2) is 10.9 Å². The number of aryl methyl sites for hydroxylation is 1. The van der Waals surface area contributed by atoms with Crippen LogP contribution in [0.4, 0.5) is 0 Å². The summed E-state index contributed by atoms with van der Waals surface area (Å²) in [6.07, 6.45) is 0. The van der Waals surface area contributed by atoms with Crippen LogP contribution < -0.4 is 5.32 Å². The number of thioether (sulfide) groups is 1. The van der Waals surface area contributed by atoms with E-state index in [1.54, 1.807) is 34.4 Å². The maximum absolute atomic E-state index is 12.4. The molecular formula is C17H16N2OS3. The number of aromatic nitrogens is 1. The fraction of sp³-hybridized carbons (Fsp3) is 0.176. The molecule has 0 aliphatic rings. The van der Waals surface area contributed by atoms with Crippen LogP contribution in [0.3, 0.4) is 0 Å². The molecule has 3 aromatic rings. The van der Waals surface area contributed by atoms with Crippen LogP contribution in [0, 0.1) is 6.92 Å². The van der Waals surface area contributed by atoms with E-state index in [1.807, 2.05) is 48.0 Å². The molecule has 0 atom stereocenters. The van der Waals surface area contributed by atoms with Gasteiger partial charge in [-0.2, -0.15) is 11.3 Å². The summed E-state index contributed by atoms with van der Waals surface area (Å²) in [6.45, 7) is 2.57. The lowest BCUT2D eigenvalue weighted by atomic mass is 10.2. The number of nitrogens with zero attached hydrogens (tertiary/aromatic N) is 1. The van der Waals surface area contributed by atoms with E-state index in [4.69, 9.17) is 0 Å². The molecule has 1 N–H and O–H groups in total. The lowest BCUT2D eigenvalue weighted by Gasteiger charge is -2.09. The maximum atomic E-state index is 12.4. The minimum absolute atomic E-state index is 0.0336. The summed E-state index contributed by atoms with van der Waals surface area (Å²) < 4.78 is 0. The quantitative estimate of drug-likeness (QED) is 0.646. The molecule has 0 radical (unpaired) electrons. The topological polar surface area (TPSA) is 42.0 Å². The molecule has 0 saturated carbocycles. The third-order valence-corrected chi connectivity index (χ3v) is 5.87. The van der Waals surface area contributed by atoms with E-state index in [1.165, 1.54) is 0 Å². The first-order valence-corrected chi connectivity index (χ1v) is 9.95. The molecule has 0 aliphatic heterocycles. The number of carbonyl (C=O) groups is 1. The van der Waals surface area contributed by atoms with Crippen LogP contribution in [0.1, 0.15) is 26.6 Å². The summed E-state index contributed by atoms with van der Waals surface area (Å²) in [6, 6.07) is 9.75. The van der Waals surface area contributed by atoms with Crippen molar-refractivity contribution in [3.05, 3.63) is 68.3 Å². The van der Waals surface area contributed by atoms with Crippen molar-refractivity contribution in [1.82, 2.24) is 10.3 Å². The number of hydrogen-bond donors (Lipinski definition) is 1. The van der Waals surface area contributed by atoms with Crippen molar-refractivity contribution >= 4 is 40.3 Å². The fourth-order valence-corrected chi connectivity index (χ4v) is 4.41. The van der Waals surface area contributed by atoms with Gasteiger partial charge in [0.1, 0.15) is 0 Å². The number of thiophene rings is 1. The van der Waals surface area contributed by atoms with Crippen LogP contribution in [0.5, 0.6) is 0 Å². The predicted octanol–water partition coefficient (Wildman–Crippen LogP) is 4.74. The zero-order valence-corrected chi connectivity index (χ0v) is 15.1.